The van der Waals surface area contributed by atoms with Crippen LogP contribution in [0.5, 0.6) is 11.5 Å². The summed E-state index contributed by atoms with van der Waals surface area (Å²) in [5, 5.41) is 5.04. The van der Waals surface area contributed by atoms with E-state index in [0.29, 0.717) is 24.6 Å². The van der Waals surface area contributed by atoms with Gasteiger partial charge in [0.25, 0.3) is 0 Å². The van der Waals surface area contributed by atoms with Crippen LogP contribution in [-0.2, 0) is 21.4 Å². The lowest BCUT2D eigenvalue weighted by Gasteiger charge is -2.17. The predicted octanol–water partition coefficient (Wildman–Crippen LogP) is 0.341. The first-order valence-electron chi connectivity index (χ1n) is 6.81. The van der Waals surface area contributed by atoms with Gasteiger partial charge in [0.1, 0.15) is 0 Å². The molecule has 1 aliphatic heterocycles. The van der Waals surface area contributed by atoms with Crippen LogP contribution in [0.1, 0.15) is 12.0 Å². The Morgan fingerprint density at radius 1 is 1.27 bits per heavy atom. The van der Waals surface area contributed by atoms with Crippen molar-refractivity contribution in [1.82, 2.24) is 4.90 Å². The van der Waals surface area contributed by atoms with Crippen LogP contribution in [0.3, 0.4) is 0 Å². The van der Waals surface area contributed by atoms with Crippen LogP contribution in [-0.4, -0.2) is 45.7 Å². The number of nitrogens with two attached hydrogens (primary N) is 1. The fourth-order valence-electron chi connectivity index (χ4n) is 2.65. The first kappa shape index (κ1) is 16.6. The zero-order chi connectivity index (χ0) is 16.3. The number of ether oxygens (including phenoxy) is 2. The zero-order valence-corrected chi connectivity index (χ0v) is 13.4. The second-order valence-electron chi connectivity index (χ2n) is 5.36. The molecule has 0 aromatic heterocycles. The third-order valence-electron chi connectivity index (χ3n) is 3.58. The van der Waals surface area contributed by atoms with Gasteiger partial charge in [0.2, 0.25) is 15.9 Å². The Morgan fingerprint density at radius 2 is 1.95 bits per heavy atom. The van der Waals surface area contributed by atoms with Gasteiger partial charge in [-0.3, -0.25) is 4.79 Å². The smallest absolute Gasteiger partial charge is 0.223 e. The van der Waals surface area contributed by atoms with Crippen LogP contribution in [0.25, 0.3) is 0 Å². The molecule has 1 aromatic carbocycles. The van der Waals surface area contributed by atoms with Crippen molar-refractivity contribution < 1.29 is 22.7 Å². The molecule has 1 heterocycles. The molecular formula is C14H20N2O5S. The molecular weight excluding hydrogens is 308 g/mol. The monoisotopic (exact) mass is 328 g/mol. The van der Waals surface area contributed by atoms with Gasteiger partial charge in [-0.05, 0) is 17.7 Å². The Labute approximate surface area is 130 Å². The largest absolute Gasteiger partial charge is 0.493 e. The molecule has 8 heteroatoms. The number of sulfonamides is 1. The van der Waals surface area contributed by atoms with E-state index in [9.17, 15) is 13.2 Å². The summed E-state index contributed by atoms with van der Waals surface area (Å²) in [4.78, 5) is 13.6. The van der Waals surface area contributed by atoms with E-state index in [0.717, 1.165) is 5.56 Å². The maximum atomic E-state index is 12.0. The first-order chi connectivity index (χ1) is 10.3. The molecule has 122 valence electrons. The van der Waals surface area contributed by atoms with Crippen molar-refractivity contribution in [2.75, 3.05) is 26.5 Å². The summed E-state index contributed by atoms with van der Waals surface area (Å²) >= 11 is 0. The molecule has 7 nitrogen and oxygen atoms in total. The standard InChI is InChI=1S/C14H20N2O5S/c1-20-12-4-3-10(5-13(12)21-2)7-16-8-11(6-14(16)17)9-22(15,18)19/h3-5,11H,6-9H2,1-2H3,(H2,15,18,19). The Hall–Kier alpha value is -1.80. The molecule has 1 atom stereocenters. The van der Waals surface area contributed by atoms with E-state index in [1.165, 1.54) is 0 Å². The van der Waals surface area contributed by atoms with Gasteiger partial charge in [0.05, 0.1) is 20.0 Å². The maximum Gasteiger partial charge on any atom is 0.223 e. The molecule has 2 rings (SSSR count). The number of likely N-dealkylation sites (tertiary alicyclic amines) is 1. The first-order valence-corrected chi connectivity index (χ1v) is 8.53. The third-order valence-corrected chi connectivity index (χ3v) is 4.52. The summed E-state index contributed by atoms with van der Waals surface area (Å²) < 4.78 is 32.7. The molecule has 0 bridgehead atoms. The molecule has 22 heavy (non-hydrogen) atoms. The molecule has 1 saturated heterocycles. The molecule has 0 radical (unpaired) electrons. The molecule has 0 saturated carbocycles. The van der Waals surface area contributed by atoms with Crippen molar-refractivity contribution in [1.29, 1.82) is 0 Å². The molecule has 1 unspecified atom stereocenters. The summed E-state index contributed by atoms with van der Waals surface area (Å²) in [5.74, 6) is 0.728. The third kappa shape index (κ3) is 4.11. The number of carbonyl (C=O) groups is 1. The van der Waals surface area contributed by atoms with E-state index in [2.05, 4.69) is 0 Å². The van der Waals surface area contributed by atoms with Gasteiger partial charge in [-0.1, -0.05) is 6.07 Å². The van der Waals surface area contributed by atoms with Gasteiger partial charge in [-0.25, -0.2) is 13.6 Å². The highest BCUT2D eigenvalue weighted by molar-refractivity contribution is 7.89. The molecule has 0 spiro atoms. The van der Waals surface area contributed by atoms with Crippen molar-refractivity contribution in [3.8, 4) is 11.5 Å². The van der Waals surface area contributed by atoms with E-state index < -0.39 is 10.0 Å². The molecule has 2 N–H and O–H groups in total. The fourth-order valence-corrected chi connectivity index (χ4v) is 3.53. The minimum absolute atomic E-state index is 0.0663. The van der Waals surface area contributed by atoms with Gasteiger partial charge < -0.3 is 14.4 Å². The number of hydrogen-bond donors (Lipinski definition) is 1. The highest BCUT2D eigenvalue weighted by atomic mass is 32.2. The van der Waals surface area contributed by atoms with Crippen molar-refractivity contribution in [3.63, 3.8) is 0 Å². The topological polar surface area (TPSA) is 98.9 Å². The van der Waals surface area contributed by atoms with E-state index >= 15 is 0 Å². The highest BCUT2D eigenvalue weighted by Crippen LogP contribution is 2.29. The second-order valence-corrected chi connectivity index (χ2v) is 7.02. The van der Waals surface area contributed by atoms with Crippen LogP contribution in [0.15, 0.2) is 18.2 Å². The van der Waals surface area contributed by atoms with E-state index in [1.54, 1.807) is 31.3 Å². The lowest BCUT2D eigenvalue weighted by molar-refractivity contribution is -0.128. The Balaban J connectivity index is 2.06. The van der Waals surface area contributed by atoms with Crippen LogP contribution in [0.4, 0.5) is 0 Å². The number of rotatable bonds is 6. The van der Waals surface area contributed by atoms with E-state index in [1.807, 2.05) is 6.07 Å². The number of hydrogen-bond acceptors (Lipinski definition) is 5. The van der Waals surface area contributed by atoms with Gasteiger partial charge >= 0.3 is 0 Å². The zero-order valence-electron chi connectivity index (χ0n) is 12.6. The Kier molecular flexibility index (Phi) is 4.92. The highest BCUT2D eigenvalue weighted by Gasteiger charge is 2.31. The Morgan fingerprint density at radius 3 is 2.55 bits per heavy atom. The number of methoxy groups -OCH3 is 2. The summed E-state index contributed by atoms with van der Waals surface area (Å²) in [7, 11) is -0.461. The number of benzene rings is 1. The molecule has 0 aliphatic carbocycles. The number of nitrogens with zero attached hydrogens (tertiary/aromatic N) is 1. The fraction of sp³-hybridized carbons (Fsp3) is 0.500. The minimum Gasteiger partial charge on any atom is -0.493 e. The quantitative estimate of drug-likeness (QED) is 0.812. The lowest BCUT2D eigenvalue weighted by atomic mass is 10.1. The van der Waals surface area contributed by atoms with Gasteiger partial charge in [0.15, 0.2) is 11.5 Å². The van der Waals surface area contributed by atoms with E-state index in [4.69, 9.17) is 14.6 Å². The van der Waals surface area contributed by atoms with Crippen LogP contribution in [0, 0.1) is 5.92 Å². The van der Waals surface area contributed by atoms with Gasteiger partial charge in [-0.2, -0.15) is 0 Å². The maximum absolute atomic E-state index is 12.0. The summed E-state index contributed by atoms with van der Waals surface area (Å²) in [6, 6.07) is 5.43. The van der Waals surface area contributed by atoms with Crippen molar-refractivity contribution in [2.45, 2.75) is 13.0 Å². The number of amides is 1. The average molecular weight is 328 g/mol. The van der Waals surface area contributed by atoms with Crippen molar-refractivity contribution >= 4 is 15.9 Å². The molecule has 1 aliphatic rings. The Bertz CT molecular complexity index is 659. The minimum atomic E-state index is -3.56. The van der Waals surface area contributed by atoms with Crippen LogP contribution in [0.2, 0.25) is 0 Å². The second kappa shape index (κ2) is 6.53. The number of carbonyl (C=O) groups excluding carboxylic acids is 1. The summed E-state index contributed by atoms with van der Waals surface area (Å²) in [6.45, 7) is 0.796. The SMILES string of the molecule is COc1ccc(CN2CC(CS(N)(=O)=O)CC2=O)cc1OC. The van der Waals surface area contributed by atoms with E-state index in [-0.39, 0.29) is 24.0 Å². The molecule has 1 fully saturated rings. The van der Waals surface area contributed by atoms with Crippen LogP contribution >= 0.6 is 0 Å². The normalized spacial score (nSPS) is 18.6. The molecule has 1 aromatic rings. The average Bonchev–Trinajstić information content (AvgIpc) is 2.76. The van der Waals surface area contributed by atoms with Crippen LogP contribution < -0.4 is 14.6 Å². The van der Waals surface area contributed by atoms with Crippen molar-refractivity contribution in [3.05, 3.63) is 23.8 Å². The van der Waals surface area contributed by atoms with Gasteiger partial charge in [0, 0.05) is 25.4 Å². The molecule has 1 amide bonds. The summed E-state index contributed by atoms with van der Waals surface area (Å²) in [6.07, 6.45) is 0.212. The van der Waals surface area contributed by atoms with Gasteiger partial charge in [-0.15, -0.1) is 0 Å². The van der Waals surface area contributed by atoms with Crippen molar-refractivity contribution in [2.24, 2.45) is 11.1 Å². The number of primary sulfonamides is 1. The lowest BCUT2D eigenvalue weighted by Crippen LogP contribution is -2.27. The predicted molar refractivity (Wildman–Crippen MR) is 81.0 cm³/mol. The summed E-state index contributed by atoms with van der Waals surface area (Å²) in [5.41, 5.74) is 0.891.